The Kier molecular flexibility index (Phi) is 4.20. The average Bonchev–Trinajstić information content (AvgIpc) is 2.35. The van der Waals surface area contributed by atoms with Gasteiger partial charge in [-0.3, -0.25) is 19.8 Å². The van der Waals surface area contributed by atoms with E-state index in [2.05, 4.69) is 5.43 Å². The van der Waals surface area contributed by atoms with Gasteiger partial charge in [0, 0.05) is 12.0 Å². The predicted octanol–water partition coefficient (Wildman–Crippen LogP) is 0.726. The minimum Gasteiger partial charge on any atom is -0.276 e. The molecular weight excluding hydrogens is 208 g/mol. The van der Waals surface area contributed by atoms with Gasteiger partial charge in [0.25, 0.3) is 5.91 Å². The number of carbonyl (C=O) groups excluding carboxylic acids is 3. The molecule has 1 N–H and O–H groups in total. The van der Waals surface area contributed by atoms with Crippen molar-refractivity contribution in [3.63, 3.8) is 0 Å². The van der Waals surface area contributed by atoms with Crippen LogP contribution >= 0.6 is 0 Å². The largest absolute Gasteiger partial charge is 0.279 e. The van der Waals surface area contributed by atoms with Crippen LogP contribution in [0.5, 0.6) is 0 Å². The van der Waals surface area contributed by atoms with Crippen molar-refractivity contribution in [1.29, 1.82) is 0 Å². The second-order valence-electron chi connectivity index (χ2n) is 3.04. The van der Waals surface area contributed by atoms with Crippen LogP contribution in [-0.2, 0) is 9.59 Å². The highest BCUT2D eigenvalue weighted by molar-refractivity contribution is 6.00. The first-order valence-corrected chi connectivity index (χ1v) is 4.82. The molecule has 5 heteroatoms. The van der Waals surface area contributed by atoms with E-state index in [0.29, 0.717) is 10.6 Å². The van der Waals surface area contributed by atoms with Crippen LogP contribution in [0.1, 0.15) is 23.7 Å². The molecule has 1 aromatic carbocycles. The first-order valence-electron chi connectivity index (χ1n) is 4.82. The number of amides is 3. The monoisotopic (exact) mass is 220 g/mol. The predicted molar refractivity (Wildman–Crippen MR) is 57.1 cm³/mol. The Morgan fingerprint density at radius 3 is 2.44 bits per heavy atom. The number of hydrogen-bond acceptors (Lipinski definition) is 3. The van der Waals surface area contributed by atoms with Gasteiger partial charge in [0.2, 0.25) is 12.3 Å². The fourth-order valence-corrected chi connectivity index (χ4v) is 1.06. The minimum atomic E-state index is -0.558. The van der Waals surface area contributed by atoms with E-state index in [1.807, 2.05) is 0 Å². The molecule has 0 unspecified atom stereocenters. The lowest BCUT2D eigenvalue weighted by molar-refractivity contribution is -0.130. The van der Waals surface area contributed by atoms with E-state index < -0.39 is 11.8 Å². The normalized spacial score (nSPS) is 9.31. The highest BCUT2D eigenvalue weighted by atomic mass is 16.2. The number of nitrogens with zero attached hydrogens (tertiary/aromatic N) is 1. The van der Waals surface area contributed by atoms with E-state index in [0.717, 1.165) is 0 Å². The molecule has 0 aliphatic heterocycles. The summed E-state index contributed by atoms with van der Waals surface area (Å²) in [6.45, 7) is 1.63. The van der Waals surface area contributed by atoms with Gasteiger partial charge in [0.05, 0.1) is 0 Å². The average molecular weight is 220 g/mol. The molecule has 5 nitrogen and oxygen atoms in total. The molecular formula is C11H12N2O3. The third kappa shape index (κ3) is 2.91. The van der Waals surface area contributed by atoms with Gasteiger partial charge >= 0.3 is 0 Å². The second-order valence-corrected chi connectivity index (χ2v) is 3.04. The number of nitrogens with one attached hydrogen (secondary N) is 1. The Bertz CT molecular complexity index is 389. The van der Waals surface area contributed by atoms with Gasteiger partial charge < -0.3 is 0 Å². The molecule has 1 rings (SSSR count). The van der Waals surface area contributed by atoms with Gasteiger partial charge in [-0.25, -0.2) is 0 Å². The number of benzene rings is 1. The third-order valence-electron chi connectivity index (χ3n) is 1.91. The summed E-state index contributed by atoms with van der Waals surface area (Å²) in [7, 11) is 0. The molecule has 16 heavy (non-hydrogen) atoms. The van der Waals surface area contributed by atoms with E-state index in [1.165, 1.54) is 0 Å². The van der Waals surface area contributed by atoms with Crippen LogP contribution in [0, 0.1) is 0 Å². The number of imide groups is 1. The Morgan fingerprint density at radius 2 is 1.94 bits per heavy atom. The van der Waals surface area contributed by atoms with Gasteiger partial charge in [0.15, 0.2) is 0 Å². The maximum Gasteiger partial charge on any atom is 0.279 e. The number of hydrogen-bond donors (Lipinski definition) is 1. The minimum absolute atomic E-state index is 0.201. The third-order valence-corrected chi connectivity index (χ3v) is 1.91. The van der Waals surface area contributed by atoms with E-state index in [9.17, 15) is 14.4 Å². The molecule has 0 spiro atoms. The van der Waals surface area contributed by atoms with E-state index in [4.69, 9.17) is 0 Å². The Balaban J connectivity index is 2.78. The van der Waals surface area contributed by atoms with Crippen molar-refractivity contribution in [3.8, 4) is 0 Å². The number of carbonyl (C=O) groups is 3. The van der Waals surface area contributed by atoms with Gasteiger partial charge in [-0.05, 0) is 12.1 Å². The molecule has 3 amide bonds. The number of rotatable bonds is 3. The smallest absolute Gasteiger partial charge is 0.276 e. The standard InChI is InChI=1S/C11H12N2O3/c1-2-10(15)12-13(8-14)11(16)9-6-4-3-5-7-9/h3-8H,2H2,1H3,(H,12,15). The first-order chi connectivity index (χ1) is 7.69. The summed E-state index contributed by atoms with van der Waals surface area (Å²) in [5, 5.41) is 0.640. The lowest BCUT2D eigenvalue weighted by Crippen LogP contribution is -2.45. The Morgan fingerprint density at radius 1 is 1.31 bits per heavy atom. The summed E-state index contributed by atoms with van der Waals surface area (Å²) in [4.78, 5) is 33.4. The maximum atomic E-state index is 11.7. The molecule has 0 heterocycles. The second kappa shape index (κ2) is 5.65. The van der Waals surface area contributed by atoms with Gasteiger partial charge in [-0.1, -0.05) is 25.1 Å². The van der Waals surface area contributed by atoms with Crippen LogP contribution in [0.2, 0.25) is 0 Å². The fraction of sp³-hybridized carbons (Fsp3) is 0.182. The molecule has 0 aromatic heterocycles. The summed E-state index contributed by atoms with van der Waals surface area (Å²) in [5.41, 5.74) is 2.53. The van der Waals surface area contributed by atoms with Crippen molar-refractivity contribution < 1.29 is 14.4 Å². The molecule has 0 radical (unpaired) electrons. The Hall–Kier alpha value is -2.17. The summed E-state index contributed by atoms with van der Waals surface area (Å²) in [6, 6.07) is 8.25. The summed E-state index contributed by atoms with van der Waals surface area (Å²) >= 11 is 0. The van der Waals surface area contributed by atoms with Crippen molar-refractivity contribution in [2.75, 3.05) is 0 Å². The SMILES string of the molecule is CCC(=O)NN(C=O)C(=O)c1ccccc1. The molecule has 0 saturated carbocycles. The highest BCUT2D eigenvalue weighted by Crippen LogP contribution is 2.01. The topological polar surface area (TPSA) is 66.5 Å². The van der Waals surface area contributed by atoms with Crippen molar-refractivity contribution in [1.82, 2.24) is 10.4 Å². The molecule has 0 fully saturated rings. The van der Waals surface area contributed by atoms with E-state index in [1.54, 1.807) is 37.3 Å². The molecule has 84 valence electrons. The maximum absolute atomic E-state index is 11.7. The van der Waals surface area contributed by atoms with Gasteiger partial charge in [-0.2, -0.15) is 5.01 Å². The molecule has 0 aliphatic carbocycles. The van der Waals surface area contributed by atoms with Crippen LogP contribution in [0.25, 0.3) is 0 Å². The van der Waals surface area contributed by atoms with Crippen LogP contribution in [0.4, 0.5) is 0 Å². The van der Waals surface area contributed by atoms with Crippen LogP contribution in [0.15, 0.2) is 30.3 Å². The lowest BCUT2D eigenvalue weighted by atomic mass is 10.2. The molecule has 0 aliphatic rings. The molecule has 0 saturated heterocycles. The zero-order valence-electron chi connectivity index (χ0n) is 8.84. The zero-order valence-corrected chi connectivity index (χ0v) is 8.84. The number of hydrazine groups is 1. The van der Waals surface area contributed by atoms with Crippen LogP contribution in [0.3, 0.4) is 0 Å². The highest BCUT2D eigenvalue weighted by Gasteiger charge is 2.16. The first kappa shape index (κ1) is 11.9. The summed E-state index contributed by atoms with van der Waals surface area (Å²) < 4.78 is 0. The van der Waals surface area contributed by atoms with Crippen LogP contribution in [-0.4, -0.2) is 23.2 Å². The fourth-order valence-electron chi connectivity index (χ4n) is 1.06. The van der Waals surface area contributed by atoms with E-state index >= 15 is 0 Å². The van der Waals surface area contributed by atoms with Crippen molar-refractivity contribution in [3.05, 3.63) is 35.9 Å². The molecule has 0 bridgehead atoms. The molecule has 0 atom stereocenters. The zero-order chi connectivity index (χ0) is 12.0. The van der Waals surface area contributed by atoms with Crippen molar-refractivity contribution in [2.45, 2.75) is 13.3 Å². The summed E-state index contributed by atoms with van der Waals surface area (Å²) in [6.07, 6.45) is 0.481. The van der Waals surface area contributed by atoms with Gasteiger partial charge in [0.1, 0.15) is 0 Å². The van der Waals surface area contributed by atoms with E-state index in [-0.39, 0.29) is 12.8 Å². The van der Waals surface area contributed by atoms with Crippen molar-refractivity contribution >= 4 is 18.2 Å². The van der Waals surface area contributed by atoms with Crippen molar-refractivity contribution in [2.24, 2.45) is 0 Å². The Labute approximate surface area is 93.0 Å². The van der Waals surface area contributed by atoms with Crippen LogP contribution < -0.4 is 5.43 Å². The quantitative estimate of drug-likeness (QED) is 0.603. The summed E-state index contributed by atoms with van der Waals surface area (Å²) in [5.74, 6) is -0.950. The lowest BCUT2D eigenvalue weighted by Gasteiger charge is -2.15. The van der Waals surface area contributed by atoms with Gasteiger partial charge in [-0.15, -0.1) is 0 Å². The molecule has 1 aromatic rings.